The van der Waals surface area contributed by atoms with Gasteiger partial charge in [-0.2, -0.15) is 5.26 Å². The van der Waals surface area contributed by atoms with Crippen LogP contribution < -0.4 is 5.32 Å². The van der Waals surface area contributed by atoms with Gasteiger partial charge in [0.2, 0.25) is 0 Å². The molecule has 4 heteroatoms. The van der Waals surface area contributed by atoms with Crippen molar-refractivity contribution in [2.24, 2.45) is 5.92 Å². The molecule has 0 fully saturated rings. The van der Waals surface area contributed by atoms with Crippen molar-refractivity contribution in [2.45, 2.75) is 19.9 Å². The standard InChI is InChI=1S/C11H12Cl2N2/c1-7(2)11(6-14)15-10-4-3-8(12)5-9(10)13/h3-5,7,11,15H,1-2H3. The maximum absolute atomic E-state index is 8.92. The van der Waals surface area contributed by atoms with E-state index in [-0.39, 0.29) is 12.0 Å². The normalized spacial score (nSPS) is 12.3. The molecule has 0 aliphatic heterocycles. The van der Waals surface area contributed by atoms with Crippen molar-refractivity contribution < 1.29 is 0 Å². The summed E-state index contributed by atoms with van der Waals surface area (Å²) in [5.74, 6) is 0.224. The van der Waals surface area contributed by atoms with Gasteiger partial charge in [0.15, 0.2) is 0 Å². The van der Waals surface area contributed by atoms with Gasteiger partial charge in [0.25, 0.3) is 0 Å². The third-order valence-electron chi connectivity index (χ3n) is 2.05. The van der Waals surface area contributed by atoms with E-state index in [2.05, 4.69) is 11.4 Å². The van der Waals surface area contributed by atoms with Gasteiger partial charge >= 0.3 is 0 Å². The van der Waals surface area contributed by atoms with Gasteiger partial charge in [-0.15, -0.1) is 0 Å². The van der Waals surface area contributed by atoms with Crippen molar-refractivity contribution in [3.8, 4) is 6.07 Å². The van der Waals surface area contributed by atoms with Crippen molar-refractivity contribution in [3.05, 3.63) is 28.2 Å². The molecule has 1 atom stereocenters. The maximum atomic E-state index is 8.92. The Morgan fingerprint density at radius 1 is 1.33 bits per heavy atom. The van der Waals surface area contributed by atoms with E-state index in [1.807, 2.05) is 13.8 Å². The minimum Gasteiger partial charge on any atom is -0.368 e. The van der Waals surface area contributed by atoms with Gasteiger partial charge in [0.1, 0.15) is 6.04 Å². The number of benzene rings is 1. The second kappa shape index (κ2) is 5.25. The van der Waals surface area contributed by atoms with Gasteiger partial charge < -0.3 is 5.32 Å². The molecule has 1 rings (SSSR count). The van der Waals surface area contributed by atoms with Crippen molar-refractivity contribution in [3.63, 3.8) is 0 Å². The Kier molecular flexibility index (Phi) is 4.26. The molecule has 1 aromatic carbocycles. The SMILES string of the molecule is CC(C)C(C#N)Nc1ccc(Cl)cc1Cl. The minimum absolute atomic E-state index is 0.224. The number of rotatable bonds is 3. The van der Waals surface area contributed by atoms with Crippen LogP contribution in [0, 0.1) is 17.2 Å². The molecule has 0 heterocycles. The molecule has 0 amide bonds. The molecule has 0 aliphatic carbocycles. The Hall–Kier alpha value is -0.910. The predicted octanol–water partition coefficient (Wildman–Crippen LogP) is 3.95. The molecular formula is C11H12Cl2N2. The van der Waals surface area contributed by atoms with E-state index in [1.165, 1.54) is 0 Å². The summed E-state index contributed by atoms with van der Waals surface area (Å²) in [5.41, 5.74) is 0.737. The van der Waals surface area contributed by atoms with Crippen molar-refractivity contribution in [1.82, 2.24) is 0 Å². The van der Waals surface area contributed by atoms with Crippen LogP contribution in [-0.4, -0.2) is 6.04 Å². The minimum atomic E-state index is -0.247. The molecule has 15 heavy (non-hydrogen) atoms. The topological polar surface area (TPSA) is 35.8 Å². The summed E-state index contributed by atoms with van der Waals surface area (Å²) in [6.45, 7) is 3.95. The Balaban J connectivity index is 2.85. The average molecular weight is 243 g/mol. The number of halogens is 2. The molecule has 1 unspecified atom stereocenters. The second-order valence-electron chi connectivity index (χ2n) is 3.62. The van der Waals surface area contributed by atoms with E-state index in [0.717, 1.165) is 5.69 Å². The smallest absolute Gasteiger partial charge is 0.116 e. The van der Waals surface area contributed by atoms with Gasteiger partial charge in [0.05, 0.1) is 16.8 Å². The third-order valence-corrected chi connectivity index (χ3v) is 2.60. The highest BCUT2D eigenvalue weighted by Gasteiger charge is 2.13. The number of nitrogens with one attached hydrogen (secondary N) is 1. The molecule has 80 valence electrons. The quantitative estimate of drug-likeness (QED) is 0.872. The summed E-state index contributed by atoms with van der Waals surface area (Å²) in [6.07, 6.45) is 0. The van der Waals surface area contributed by atoms with Crippen molar-refractivity contribution in [1.29, 1.82) is 5.26 Å². The van der Waals surface area contributed by atoms with Crippen LogP contribution in [0.5, 0.6) is 0 Å². The number of nitrogens with zero attached hydrogens (tertiary/aromatic N) is 1. The average Bonchev–Trinajstić information content (AvgIpc) is 2.16. The van der Waals surface area contributed by atoms with E-state index in [4.69, 9.17) is 28.5 Å². The van der Waals surface area contributed by atoms with Crippen molar-refractivity contribution in [2.75, 3.05) is 5.32 Å². The van der Waals surface area contributed by atoms with Crippen LogP contribution in [-0.2, 0) is 0 Å². The van der Waals surface area contributed by atoms with Crippen LogP contribution in [0.1, 0.15) is 13.8 Å². The Bertz CT molecular complexity index is 383. The lowest BCUT2D eigenvalue weighted by Gasteiger charge is -2.17. The summed E-state index contributed by atoms with van der Waals surface area (Å²) in [5, 5.41) is 13.1. The zero-order valence-corrected chi connectivity index (χ0v) is 10.1. The molecule has 2 nitrogen and oxygen atoms in total. The fourth-order valence-corrected chi connectivity index (χ4v) is 1.59. The molecule has 0 saturated heterocycles. The number of hydrogen-bond donors (Lipinski definition) is 1. The van der Waals surface area contributed by atoms with Crippen molar-refractivity contribution >= 4 is 28.9 Å². The summed E-state index contributed by atoms with van der Waals surface area (Å²) in [7, 11) is 0. The van der Waals surface area contributed by atoms with E-state index in [9.17, 15) is 0 Å². The summed E-state index contributed by atoms with van der Waals surface area (Å²) < 4.78 is 0. The molecule has 0 spiro atoms. The lowest BCUT2D eigenvalue weighted by atomic mass is 10.1. The third kappa shape index (κ3) is 3.30. The Morgan fingerprint density at radius 2 is 2.00 bits per heavy atom. The first kappa shape index (κ1) is 12.2. The van der Waals surface area contributed by atoms with Crippen LogP contribution in [0.15, 0.2) is 18.2 Å². The van der Waals surface area contributed by atoms with E-state index < -0.39 is 0 Å². The number of nitriles is 1. The highest BCUT2D eigenvalue weighted by atomic mass is 35.5. The lowest BCUT2D eigenvalue weighted by molar-refractivity contribution is 0.609. The first-order valence-electron chi connectivity index (χ1n) is 4.65. The predicted molar refractivity (Wildman–Crippen MR) is 64.3 cm³/mol. The second-order valence-corrected chi connectivity index (χ2v) is 4.46. The monoisotopic (exact) mass is 242 g/mol. The lowest BCUT2D eigenvalue weighted by Crippen LogP contribution is -2.23. The summed E-state index contributed by atoms with van der Waals surface area (Å²) in [6, 6.07) is 7.11. The Labute approximate surface area is 99.8 Å². The van der Waals surface area contributed by atoms with Crippen LogP contribution in [0.4, 0.5) is 5.69 Å². The molecule has 0 aliphatic rings. The first-order chi connectivity index (χ1) is 7.04. The van der Waals surface area contributed by atoms with Crippen LogP contribution >= 0.6 is 23.2 Å². The molecule has 1 aromatic rings. The number of hydrogen-bond acceptors (Lipinski definition) is 2. The van der Waals surface area contributed by atoms with E-state index in [1.54, 1.807) is 18.2 Å². The maximum Gasteiger partial charge on any atom is 0.116 e. The Morgan fingerprint density at radius 3 is 2.47 bits per heavy atom. The van der Waals surface area contributed by atoms with E-state index in [0.29, 0.717) is 10.0 Å². The zero-order chi connectivity index (χ0) is 11.4. The van der Waals surface area contributed by atoms with Gasteiger partial charge in [0, 0.05) is 5.02 Å². The van der Waals surface area contributed by atoms with Crippen LogP contribution in [0.25, 0.3) is 0 Å². The van der Waals surface area contributed by atoms with Gasteiger partial charge in [-0.05, 0) is 24.1 Å². The fourth-order valence-electron chi connectivity index (χ4n) is 1.12. The molecule has 0 saturated carbocycles. The van der Waals surface area contributed by atoms with Crippen LogP contribution in [0.3, 0.4) is 0 Å². The molecular weight excluding hydrogens is 231 g/mol. The van der Waals surface area contributed by atoms with E-state index >= 15 is 0 Å². The molecule has 0 radical (unpaired) electrons. The molecule has 0 aromatic heterocycles. The highest BCUT2D eigenvalue weighted by Crippen LogP contribution is 2.26. The van der Waals surface area contributed by atoms with Crippen LogP contribution in [0.2, 0.25) is 10.0 Å². The summed E-state index contributed by atoms with van der Waals surface area (Å²) in [4.78, 5) is 0. The highest BCUT2D eigenvalue weighted by molar-refractivity contribution is 6.36. The molecule has 1 N–H and O–H groups in total. The summed E-state index contributed by atoms with van der Waals surface area (Å²) >= 11 is 11.8. The first-order valence-corrected chi connectivity index (χ1v) is 5.41. The fraction of sp³-hybridized carbons (Fsp3) is 0.364. The molecule has 0 bridgehead atoms. The largest absolute Gasteiger partial charge is 0.368 e. The van der Waals surface area contributed by atoms with Gasteiger partial charge in [-0.25, -0.2) is 0 Å². The van der Waals surface area contributed by atoms with Gasteiger partial charge in [-0.3, -0.25) is 0 Å². The zero-order valence-electron chi connectivity index (χ0n) is 8.59. The van der Waals surface area contributed by atoms with Gasteiger partial charge in [-0.1, -0.05) is 37.0 Å². The number of anilines is 1.